The maximum atomic E-state index is 13.6. The van der Waals surface area contributed by atoms with Crippen LogP contribution >= 0.6 is 0 Å². The normalized spacial score (nSPS) is 21.3. The Morgan fingerprint density at radius 3 is 2.77 bits per heavy atom. The Labute approximate surface area is 232 Å². The number of fused-ring (bicyclic) bond motifs is 4. The van der Waals surface area contributed by atoms with Gasteiger partial charge < -0.3 is 34.7 Å². The summed E-state index contributed by atoms with van der Waals surface area (Å²) < 4.78 is 59.8. The van der Waals surface area contributed by atoms with Crippen LogP contribution in [0.2, 0.25) is 0 Å². The van der Waals surface area contributed by atoms with Crippen LogP contribution in [0, 0.1) is 11.8 Å². The Hall–Kier alpha value is -3.39. The largest absolute Gasteiger partial charge is 0.494 e. The monoisotopic (exact) mass is 556 g/mol. The van der Waals surface area contributed by atoms with E-state index in [-0.39, 0.29) is 18.7 Å². The second-order valence-corrected chi connectivity index (χ2v) is 9.97. The number of hydrogen-bond acceptors (Lipinski definition) is 6. The first-order chi connectivity index (χ1) is 19.5. The van der Waals surface area contributed by atoms with Crippen LogP contribution in [0.1, 0.15) is 25.0 Å². The van der Waals surface area contributed by atoms with Crippen molar-refractivity contribution in [2.24, 2.45) is 0 Å². The van der Waals surface area contributed by atoms with E-state index in [1.165, 1.54) is 4.57 Å². The van der Waals surface area contributed by atoms with Crippen LogP contribution in [0.25, 0.3) is 10.9 Å². The minimum absolute atomic E-state index is 0.00491. The second kappa shape index (κ2) is 13.3. The molecule has 0 unspecified atom stereocenters. The molecule has 214 valence electrons. The molecule has 4 bridgehead atoms. The van der Waals surface area contributed by atoms with Crippen LogP contribution in [0.4, 0.5) is 24.5 Å². The number of nitrogens with one attached hydrogen (secondary N) is 3. The molecule has 10 heteroatoms. The first-order valence-electron chi connectivity index (χ1n) is 13.8. The van der Waals surface area contributed by atoms with Gasteiger partial charge in [0.05, 0.1) is 49.7 Å². The van der Waals surface area contributed by atoms with Gasteiger partial charge in [0, 0.05) is 36.0 Å². The first kappa shape index (κ1) is 28.1. The number of nitrogens with zero attached hydrogens (tertiary/aromatic N) is 1. The van der Waals surface area contributed by atoms with E-state index < -0.39 is 12.7 Å². The summed E-state index contributed by atoms with van der Waals surface area (Å²) in [5, 5.41) is 10.9. The van der Waals surface area contributed by atoms with Crippen molar-refractivity contribution in [3.8, 4) is 17.6 Å². The van der Waals surface area contributed by atoms with E-state index in [0.29, 0.717) is 49.6 Å². The lowest BCUT2D eigenvalue weighted by Crippen LogP contribution is -2.49. The van der Waals surface area contributed by atoms with Gasteiger partial charge in [0.1, 0.15) is 12.3 Å². The van der Waals surface area contributed by atoms with Crippen molar-refractivity contribution in [1.82, 2.24) is 9.88 Å². The second-order valence-electron chi connectivity index (χ2n) is 9.97. The zero-order chi connectivity index (χ0) is 27.8. The van der Waals surface area contributed by atoms with Gasteiger partial charge in [-0.1, -0.05) is 18.1 Å². The summed E-state index contributed by atoms with van der Waals surface area (Å²) >= 11 is 0. The maximum Gasteiger partial charge on any atom is 0.406 e. The van der Waals surface area contributed by atoms with Crippen molar-refractivity contribution in [2.75, 3.05) is 56.7 Å². The maximum absolute atomic E-state index is 13.6. The van der Waals surface area contributed by atoms with Gasteiger partial charge in [0.15, 0.2) is 0 Å². The highest BCUT2D eigenvalue weighted by molar-refractivity contribution is 5.94. The van der Waals surface area contributed by atoms with Crippen molar-refractivity contribution in [3.05, 3.63) is 54.2 Å². The van der Waals surface area contributed by atoms with Crippen molar-refractivity contribution >= 4 is 22.3 Å². The summed E-state index contributed by atoms with van der Waals surface area (Å²) in [6, 6.07) is 14.7. The quantitative estimate of drug-likeness (QED) is 0.366. The van der Waals surface area contributed by atoms with Gasteiger partial charge in [0.2, 0.25) is 0 Å². The number of halogens is 3. The summed E-state index contributed by atoms with van der Waals surface area (Å²) in [4.78, 5) is 0. The molecule has 0 amide bonds. The lowest BCUT2D eigenvalue weighted by atomic mass is 10.0. The standard InChI is InChI=1S/C30H35F3N4O3/c31-30(32,33)21-37-23-7-5-12-35-22-6-3-8-24(18-22)39-15-2-1-14-38-16-17-40-29-20-34-13-11-27(29)36-26-9-4-10-28(37)25(26)19-23/h3-4,6,8-10,18-19,27,29,34-36H,1-2,11-17,20-21H2/t27-,29+/m1/s1. The SMILES string of the molecule is FC(F)(F)Cn1c2cc3c(cccc31)N[C@@H]1CCNC[C@@H]1OCCOCCCCOc1cccc(c1)NCC#C2. The van der Waals surface area contributed by atoms with Gasteiger partial charge in [-0.25, -0.2) is 0 Å². The fourth-order valence-corrected chi connectivity index (χ4v) is 5.07. The average Bonchev–Trinajstić information content (AvgIpc) is 3.27. The minimum atomic E-state index is -4.39. The molecule has 2 aromatic carbocycles. The van der Waals surface area contributed by atoms with E-state index in [9.17, 15) is 13.2 Å². The molecule has 7 nitrogen and oxygen atoms in total. The predicted molar refractivity (Wildman–Crippen MR) is 150 cm³/mol. The van der Waals surface area contributed by atoms with E-state index in [1.807, 2.05) is 30.3 Å². The third-order valence-corrected chi connectivity index (χ3v) is 6.99. The van der Waals surface area contributed by atoms with Crippen molar-refractivity contribution < 1.29 is 27.4 Å². The fraction of sp³-hybridized carbons (Fsp3) is 0.467. The Morgan fingerprint density at radius 2 is 1.88 bits per heavy atom. The molecule has 2 aliphatic heterocycles. The molecule has 3 aromatic rings. The molecule has 0 aliphatic carbocycles. The molecule has 0 saturated carbocycles. The number of ether oxygens (including phenoxy) is 3. The number of aromatic nitrogens is 1. The molecule has 40 heavy (non-hydrogen) atoms. The van der Waals surface area contributed by atoms with Gasteiger partial charge in [-0.05, 0) is 62.1 Å². The summed E-state index contributed by atoms with van der Waals surface area (Å²) in [5.41, 5.74) is 2.40. The van der Waals surface area contributed by atoms with Gasteiger partial charge in [-0.3, -0.25) is 0 Å². The van der Waals surface area contributed by atoms with E-state index in [0.717, 1.165) is 42.9 Å². The molecular weight excluding hydrogens is 521 g/mol. The van der Waals surface area contributed by atoms with Crippen molar-refractivity contribution in [2.45, 2.75) is 44.1 Å². The van der Waals surface area contributed by atoms with Crippen LogP contribution in [-0.2, 0) is 16.0 Å². The first-order valence-corrected chi connectivity index (χ1v) is 13.8. The summed E-state index contributed by atoms with van der Waals surface area (Å²) in [7, 11) is 0. The molecule has 1 aromatic heterocycles. The molecule has 3 N–H and O–H groups in total. The van der Waals surface area contributed by atoms with Gasteiger partial charge in [-0.15, -0.1) is 0 Å². The molecule has 1 fully saturated rings. The fourth-order valence-electron chi connectivity index (χ4n) is 5.07. The van der Waals surface area contributed by atoms with Crippen LogP contribution in [-0.4, -0.2) is 69.0 Å². The smallest absolute Gasteiger partial charge is 0.406 e. The van der Waals surface area contributed by atoms with Crippen molar-refractivity contribution in [3.63, 3.8) is 0 Å². The molecule has 0 spiro atoms. The van der Waals surface area contributed by atoms with Gasteiger partial charge in [0.25, 0.3) is 0 Å². The highest BCUT2D eigenvalue weighted by atomic mass is 19.4. The number of anilines is 2. The molecule has 2 atom stereocenters. The van der Waals surface area contributed by atoms with E-state index >= 15 is 0 Å². The highest BCUT2D eigenvalue weighted by Gasteiger charge is 2.30. The minimum Gasteiger partial charge on any atom is -0.494 e. The summed E-state index contributed by atoms with van der Waals surface area (Å²) in [6.07, 6.45) is -1.90. The van der Waals surface area contributed by atoms with E-state index in [2.05, 4.69) is 27.8 Å². The lowest BCUT2D eigenvalue weighted by molar-refractivity contribution is -0.140. The number of rotatable bonds is 1. The highest BCUT2D eigenvalue weighted by Crippen LogP contribution is 2.31. The molecule has 5 rings (SSSR count). The Balaban J connectivity index is 1.44. The average molecular weight is 557 g/mol. The summed E-state index contributed by atoms with van der Waals surface area (Å²) in [5.74, 6) is 6.71. The molecule has 0 radical (unpaired) electrons. The Morgan fingerprint density at radius 1 is 1.00 bits per heavy atom. The third kappa shape index (κ3) is 7.62. The zero-order valence-corrected chi connectivity index (χ0v) is 22.4. The topological polar surface area (TPSA) is 68.7 Å². The van der Waals surface area contributed by atoms with E-state index in [1.54, 1.807) is 18.2 Å². The lowest BCUT2D eigenvalue weighted by Gasteiger charge is -2.33. The molecular formula is C30H35F3N4O3. The number of hydrogen-bond donors (Lipinski definition) is 3. The van der Waals surface area contributed by atoms with Gasteiger partial charge >= 0.3 is 6.18 Å². The third-order valence-electron chi connectivity index (χ3n) is 6.99. The zero-order valence-electron chi connectivity index (χ0n) is 22.4. The number of benzene rings is 2. The van der Waals surface area contributed by atoms with Crippen molar-refractivity contribution in [1.29, 1.82) is 0 Å². The summed E-state index contributed by atoms with van der Waals surface area (Å²) in [6.45, 7) is 2.84. The molecule has 3 heterocycles. The molecule has 2 aliphatic rings. The van der Waals surface area contributed by atoms with Crippen LogP contribution < -0.4 is 20.7 Å². The molecule has 1 saturated heterocycles. The van der Waals surface area contributed by atoms with Gasteiger partial charge in [-0.2, -0.15) is 13.2 Å². The van der Waals surface area contributed by atoms with Crippen LogP contribution in [0.3, 0.4) is 0 Å². The Bertz CT molecular complexity index is 1330. The Kier molecular flexibility index (Phi) is 9.37. The predicted octanol–water partition coefficient (Wildman–Crippen LogP) is 5.02. The number of alkyl halides is 3. The number of piperidine rings is 1. The van der Waals surface area contributed by atoms with Crippen LogP contribution in [0.5, 0.6) is 5.75 Å². The van der Waals surface area contributed by atoms with E-state index in [4.69, 9.17) is 14.2 Å². The van der Waals surface area contributed by atoms with Crippen LogP contribution in [0.15, 0.2) is 48.5 Å².